The number of nitrogens with two attached hydrogens (primary N) is 1. The first kappa shape index (κ1) is 9.42. The summed E-state index contributed by atoms with van der Waals surface area (Å²) in [5.41, 5.74) is 7.33. The van der Waals surface area contributed by atoms with Crippen molar-refractivity contribution in [2.45, 2.75) is 18.5 Å². The molecule has 1 aliphatic rings. The molecule has 1 aromatic heterocycles. The summed E-state index contributed by atoms with van der Waals surface area (Å²) in [6.07, 6.45) is 2.63. The molecule has 1 heterocycles. The largest absolute Gasteiger partial charge is 0.360 e. The van der Waals surface area contributed by atoms with Crippen LogP contribution in [0, 0.1) is 0 Å². The zero-order chi connectivity index (χ0) is 11.1. The number of carbonyl (C=O) groups excluding carboxylic acids is 1. The molecule has 4 heteroatoms. The van der Waals surface area contributed by atoms with Crippen molar-refractivity contribution in [1.82, 2.24) is 10.3 Å². The number of rotatable bonds is 2. The van der Waals surface area contributed by atoms with Crippen molar-refractivity contribution in [3.63, 3.8) is 0 Å². The standard InChI is InChI=1S/C12H13N3O/c13-9-5-11(9)15-12(16)8-6-14-10-4-2-1-3-7(8)10/h1-4,6,9,11,14H,5,13H2,(H,15,16). The van der Waals surface area contributed by atoms with Crippen LogP contribution >= 0.6 is 0 Å². The van der Waals surface area contributed by atoms with E-state index < -0.39 is 0 Å². The van der Waals surface area contributed by atoms with Crippen LogP contribution in [0.2, 0.25) is 0 Å². The quantitative estimate of drug-likeness (QED) is 0.699. The second kappa shape index (κ2) is 3.35. The molecule has 1 aliphatic carbocycles. The molecule has 4 N–H and O–H groups in total. The van der Waals surface area contributed by atoms with E-state index in [1.165, 1.54) is 0 Å². The Morgan fingerprint density at radius 2 is 2.19 bits per heavy atom. The Labute approximate surface area is 92.8 Å². The smallest absolute Gasteiger partial charge is 0.253 e. The molecule has 0 spiro atoms. The average Bonchev–Trinajstić information content (AvgIpc) is 2.82. The lowest BCUT2D eigenvalue weighted by molar-refractivity contribution is 0.0952. The lowest BCUT2D eigenvalue weighted by Crippen LogP contribution is -2.29. The number of carbonyl (C=O) groups is 1. The van der Waals surface area contributed by atoms with Crippen LogP contribution in [0.25, 0.3) is 10.9 Å². The molecule has 1 aromatic carbocycles. The molecule has 1 saturated carbocycles. The molecule has 16 heavy (non-hydrogen) atoms. The van der Waals surface area contributed by atoms with Crippen LogP contribution in [-0.4, -0.2) is 23.0 Å². The molecule has 2 aromatic rings. The maximum absolute atomic E-state index is 11.9. The number of H-pyrrole nitrogens is 1. The van der Waals surface area contributed by atoms with Crippen LogP contribution in [0.5, 0.6) is 0 Å². The number of nitrogens with one attached hydrogen (secondary N) is 2. The Bertz CT molecular complexity index is 546. The van der Waals surface area contributed by atoms with Crippen LogP contribution < -0.4 is 11.1 Å². The van der Waals surface area contributed by atoms with E-state index in [0.717, 1.165) is 17.3 Å². The summed E-state index contributed by atoms with van der Waals surface area (Å²) in [6, 6.07) is 8.05. The predicted molar refractivity (Wildman–Crippen MR) is 62.1 cm³/mol. The summed E-state index contributed by atoms with van der Waals surface area (Å²) < 4.78 is 0. The minimum Gasteiger partial charge on any atom is -0.360 e. The predicted octanol–water partition coefficient (Wildman–Crippen LogP) is 0.997. The van der Waals surface area contributed by atoms with Crippen LogP contribution in [0.15, 0.2) is 30.5 Å². The van der Waals surface area contributed by atoms with Crippen molar-refractivity contribution in [3.05, 3.63) is 36.0 Å². The highest BCUT2D eigenvalue weighted by Gasteiger charge is 2.35. The highest BCUT2D eigenvalue weighted by Crippen LogP contribution is 2.21. The molecule has 0 radical (unpaired) electrons. The van der Waals surface area contributed by atoms with Gasteiger partial charge in [0.05, 0.1) is 5.56 Å². The van der Waals surface area contributed by atoms with E-state index in [-0.39, 0.29) is 18.0 Å². The molecule has 2 unspecified atom stereocenters. The lowest BCUT2D eigenvalue weighted by atomic mass is 10.1. The van der Waals surface area contributed by atoms with Gasteiger partial charge in [0.1, 0.15) is 0 Å². The number of aromatic amines is 1. The number of benzene rings is 1. The van der Waals surface area contributed by atoms with Gasteiger partial charge in [-0.2, -0.15) is 0 Å². The Balaban J connectivity index is 1.90. The van der Waals surface area contributed by atoms with Gasteiger partial charge in [0, 0.05) is 29.2 Å². The fraction of sp³-hybridized carbons (Fsp3) is 0.250. The van der Waals surface area contributed by atoms with Crippen molar-refractivity contribution in [1.29, 1.82) is 0 Å². The van der Waals surface area contributed by atoms with Gasteiger partial charge < -0.3 is 16.0 Å². The van der Waals surface area contributed by atoms with Gasteiger partial charge >= 0.3 is 0 Å². The van der Waals surface area contributed by atoms with Gasteiger partial charge in [-0.3, -0.25) is 4.79 Å². The third-order valence-corrected chi connectivity index (χ3v) is 2.99. The molecule has 82 valence electrons. The molecule has 0 bridgehead atoms. The van der Waals surface area contributed by atoms with Gasteiger partial charge in [-0.25, -0.2) is 0 Å². The van der Waals surface area contributed by atoms with E-state index in [4.69, 9.17) is 5.73 Å². The summed E-state index contributed by atoms with van der Waals surface area (Å²) >= 11 is 0. The first-order valence-corrected chi connectivity index (χ1v) is 5.38. The zero-order valence-corrected chi connectivity index (χ0v) is 8.73. The lowest BCUT2D eigenvalue weighted by Gasteiger charge is -2.01. The van der Waals surface area contributed by atoms with Gasteiger partial charge in [0.2, 0.25) is 0 Å². The van der Waals surface area contributed by atoms with Crippen LogP contribution in [0.1, 0.15) is 16.8 Å². The summed E-state index contributed by atoms with van der Waals surface area (Å²) in [4.78, 5) is 15.0. The maximum atomic E-state index is 11.9. The van der Waals surface area contributed by atoms with E-state index >= 15 is 0 Å². The second-order valence-electron chi connectivity index (χ2n) is 4.23. The van der Waals surface area contributed by atoms with Gasteiger partial charge in [-0.15, -0.1) is 0 Å². The number of aromatic nitrogens is 1. The molecular weight excluding hydrogens is 202 g/mol. The maximum Gasteiger partial charge on any atom is 0.253 e. The highest BCUT2D eigenvalue weighted by atomic mass is 16.1. The van der Waals surface area contributed by atoms with Crippen molar-refractivity contribution in [2.24, 2.45) is 5.73 Å². The molecule has 3 rings (SSSR count). The van der Waals surface area contributed by atoms with Crippen LogP contribution in [0.3, 0.4) is 0 Å². The Kier molecular flexibility index (Phi) is 1.97. The fourth-order valence-electron chi connectivity index (χ4n) is 1.89. The van der Waals surface area contributed by atoms with Crippen LogP contribution in [-0.2, 0) is 0 Å². The molecule has 1 fully saturated rings. The van der Waals surface area contributed by atoms with Crippen LogP contribution in [0.4, 0.5) is 0 Å². The molecular formula is C12H13N3O. The zero-order valence-electron chi connectivity index (χ0n) is 8.73. The van der Waals surface area contributed by atoms with Crippen molar-refractivity contribution in [2.75, 3.05) is 0 Å². The van der Waals surface area contributed by atoms with E-state index in [1.807, 2.05) is 24.3 Å². The number of para-hydroxylation sites is 1. The number of amides is 1. The third-order valence-electron chi connectivity index (χ3n) is 2.99. The summed E-state index contributed by atoms with van der Waals surface area (Å²) in [6.45, 7) is 0. The van der Waals surface area contributed by atoms with Crippen molar-refractivity contribution in [3.8, 4) is 0 Å². The highest BCUT2D eigenvalue weighted by molar-refractivity contribution is 6.06. The molecule has 4 nitrogen and oxygen atoms in total. The molecule has 2 atom stereocenters. The summed E-state index contributed by atoms with van der Waals surface area (Å²) in [7, 11) is 0. The normalized spacial score (nSPS) is 23.3. The first-order valence-electron chi connectivity index (χ1n) is 5.38. The number of hydrogen-bond donors (Lipinski definition) is 3. The van der Waals surface area contributed by atoms with E-state index in [0.29, 0.717) is 5.56 Å². The third kappa shape index (κ3) is 1.47. The summed E-state index contributed by atoms with van der Waals surface area (Å²) in [5, 5.41) is 3.87. The first-order chi connectivity index (χ1) is 7.75. The number of hydrogen-bond acceptors (Lipinski definition) is 2. The van der Waals surface area contributed by atoms with Gasteiger partial charge in [0.15, 0.2) is 0 Å². The second-order valence-corrected chi connectivity index (χ2v) is 4.23. The minimum absolute atomic E-state index is 0.0459. The fourth-order valence-corrected chi connectivity index (χ4v) is 1.89. The van der Waals surface area contributed by atoms with Gasteiger partial charge in [0.25, 0.3) is 5.91 Å². The van der Waals surface area contributed by atoms with Gasteiger partial charge in [-0.1, -0.05) is 18.2 Å². The van der Waals surface area contributed by atoms with E-state index in [1.54, 1.807) is 6.20 Å². The van der Waals surface area contributed by atoms with E-state index in [9.17, 15) is 4.79 Å². The van der Waals surface area contributed by atoms with Crippen molar-refractivity contribution < 1.29 is 4.79 Å². The number of fused-ring (bicyclic) bond motifs is 1. The summed E-state index contributed by atoms with van der Waals surface area (Å²) in [5.74, 6) is -0.0459. The Morgan fingerprint density at radius 3 is 2.94 bits per heavy atom. The molecule has 0 saturated heterocycles. The minimum atomic E-state index is -0.0459. The average molecular weight is 215 g/mol. The Hall–Kier alpha value is -1.81. The van der Waals surface area contributed by atoms with E-state index in [2.05, 4.69) is 10.3 Å². The van der Waals surface area contributed by atoms with Crippen molar-refractivity contribution >= 4 is 16.8 Å². The molecule has 1 amide bonds. The molecule has 0 aliphatic heterocycles. The monoisotopic (exact) mass is 215 g/mol. The SMILES string of the molecule is NC1CC1NC(=O)c1c[nH]c2ccccc12. The topological polar surface area (TPSA) is 70.9 Å². The van der Waals surface area contributed by atoms with Gasteiger partial charge in [-0.05, 0) is 12.5 Å². The Morgan fingerprint density at radius 1 is 1.44 bits per heavy atom.